The second-order valence-corrected chi connectivity index (χ2v) is 3.89. The highest BCUT2D eigenvalue weighted by atomic mass is 16.3. The number of aryl methyl sites for hydroxylation is 2. The van der Waals surface area contributed by atoms with E-state index in [-0.39, 0.29) is 0 Å². The third-order valence-corrected chi connectivity index (χ3v) is 2.62. The quantitative estimate of drug-likeness (QED) is 0.703. The standard InChI is InChI=1S/C13H20O/c1-3-4-5-6-9-12-10-7-8-11(2)13(12)14/h7-8,10,14H,3-6,9H2,1-2H3. The summed E-state index contributed by atoms with van der Waals surface area (Å²) in [4.78, 5) is 0. The van der Waals surface area contributed by atoms with E-state index in [1.807, 2.05) is 25.1 Å². The fourth-order valence-electron chi connectivity index (χ4n) is 1.66. The first-order valence-electron chi connectivity index (χ1n) is 5.53. The number of unbranched alkanes of at least 4 members (excludes halogenated alkanes) is 3. The molecule has 0 atom stereocenters. The molecule has 78 valence electrons. The van der Waals surface area contributed by atoms with Gasteiger partial charge >= 0.3 is 0 Å². The molecule has 0 saturated carbocycles. The second kappa shape index (κ2) is 5.69. The summed E-state index contributed by atoms with van der Waals surface area (Å²) in [5.41, 5.74) is 2.08. The van der Waals surface area contributed by atoms with Crippen molar-refractivity contribution in [1.82, 2.24) is 0 Å². The van der Waals surface area contributed by atoms with Crippen LogP contribution in [0, 0.1) is 6.92 Å². The van der Waals surface area contributed by atoms with Gasteiger partial charge in [0.25, 0.3) is 0 Å². The lowest BCUT2D eigenvalue weighted by Gasteiger charge is -2.06. The number of para-hydroxylation sites is 1. The van der Waals surface area contributed by atoms with E-state index in [0.29, 0.717) is 5.75 Å². The lowest BCUT2D eigenvalue weighted by molar-refractivity contribution is 0.462. The van der Waals surface area contributed by atoms with Crippen LogP contribution in [-0.4, -0.2) is 5.11 Å². The van der Waals surface area contributed by atoms with Gasteiger partial charge in [0, 0.05) is 0 Å². The maximum atomic E-state index is 9.75. The zero-order chi connectivity index (χ0) is 10.4. The summed E-state index contributed by atoms with van der Waals surface area (Å²) in [7, 11) is 0. The fraction of sp³-hybridized carbons (Fsp3) is 0.538. The van der Waals surface area contributed by atoms with Crippen molar-refractivity contribution < 1.29 is 5.11 Å². The highest BCUT2D eigenvalue weighted by Crippen LogP contribution is 2.23. The summed E-state index contributed by atoms with van der Waals surface area (Å²) in [6, 6.07) is 5.99. The van der Waals surface area contributed by atoms with Gasteiger partial charge < -0.3 is 5.11 Å². The van der Waals surface area contributed by atoms with Crippen molar-refractivity contribution in [3.63, 3.8) is 0 Å². The molecule has 0 spiro atoms. The summed E-state index contributed by atoms with van der Waals surface area (Å²) >= 11 is 0. The van der Waals surface area contributed by atoms with Gasteiger partial charge in [-0.05, 0) is 30.9 Å². The summed E-state index contributed by atoms with van der Waals surface area (Å²) in [5, 5.41) is 9.75. The van der Waals surface area contributed by atoms with Gasteiger partial charge in [-0.15, -0.1) is 0 Å². The van der Waals surface area contributed by atoms with Gasteiger partial charge in [0.2, 0.25) is 0 Å². The molecule has 0 bridgehead atoms. The minimum atomic E-state index is 0.490. The molecule has 0 heterocycles. The minimum Gasteiger partial charge on any atom is -0.507 e. The van der Waals surface area contributed by atoms with E-state index in [1.54, 1.807) is 0 Å². The molecule has 1 aromatic rings. The molecule has 0 aliphatic rings. The number of phenols is 1. The molecule has 1 nitrogen and oxygen atoms in total. The van der Waals surface area contributed by atoms with E-state index in [1.165, 1.54) is 25.7 Å². The Morgan fingerprint density at radius 2 is 1.93 bits per heavy atom. The van der Waals surface area contributed by atoms with Crippen molar-refractivity contribution in [2.24, 2.45) is 0 Å². The Kier molecular flexibility index (Phi) is 4.51. The van der Waals surface area contributed by atoms with E-state index < -0.39 is 0 Å². The topological polar surface area (TPSA) is 20.2 Å². The Labute approximate surface area is 86.8 Å². The number of hydrogen-bond acceptors (Lipinski definition) is 1. The van der Waals surface area contributed by atoms with Crippen LogP contribution in [0.1, 0.15) is 43.7 Å². The molecule has 1 N–H and O–H groups in total. The van der Waals surface area contributed by atoms with Gasteiger partial charge in [-0.3, -0.25) is 0 Å². The normalized spacial score (nSPS) is 10.4. The predicted molar refractivity (Wildman–Crippen MR) is 60.7 cm³/mol. The molecule has 14 heavy (non-hydrogen) atoms. The monoisotopic (exact) mass is 192 g/mol. The summed E-state index contributed by atoms with van der Waals surface area (Å²) in [5.74, 6) is 0.490. The van der Waals surface area contributed by atoms with E-state index in [2.05, 4.69) is 6.92 Å². The van der Waals surface area contributed by atoms with Crippen LogP contribution in [0.2, 0.25) is 0 Å². The summed E-state index contributed by atoms with van der Waals surface area (Å²) < 4.78 is 0. The van der Waals surface area contributed by atoms with E-state index in [9.17, 15) is 5.11 Å². The van der Waals surface area contributed by atoms with Crippen LogP contribution in [-0.2, 0) is 6.42 Å². The second-order valence-electron chi connectivity index (χ2n) is 3.89. The molecule has 0 aromatic heterocycles. The first kappa shape index (κ1) is 11.1. The Morgan fingerprint density at radius 3 is 2.64 bits per heavy atom. The van der Waals surface area contributed by atoms with E-state index in [4.69, 9.17) is 0 Å². The van der Waals surface area contributed by atoms with Gasteiger partial charge in [0.15, 0.2) is 0 Å². The number of phenolic OH excluding ortho intramolecular Hbond substituents is 1. The smallest absolute Gasteiger partial charge is 0.121 e. The number of hydrogen-bond donors (Lipinski definition) is 1. The Hall–Kier alpha value is -0.980. The molecular formula is C13H20O. The zero-order valence-corrected chi connectivity index (χ0v) is 9.21. The van der Waals surface area contributed by atoms with Crippen LogP contribution in [0.5, 0.6) is 5.75 Å². The largest absolute Gasteiger partial charge is 0.507 e. The lowest BCUT2D eigenvalue weighted by Crippen LogP contribution is -1.88. The van der Waals surface area contributed by atoms with Crippen molar-refractivity contribution in [3.8, 4) is 5.75 Å². The maximum absolute atomic E-state index is 9.75. The number of benzene rings is 1. The van der Waals surface area contributed by atoms with Crippen LogP contribution in [0.3, 0.4) is 0 Å². The number of rotatable bonds is 5. The van der Waals surface area contributed by atoms with Crippen LogP contribution in [0.4, 0.5) is 0 Å². The van der Waals surface area contributed by atoms with Crippen LogP contribution >= 0.6 is 0 Å². The molecule has 0 aliphatic carbocycles. The van der Waals surface area contributed by atoms with Gasteiger partial charge in [-0.25, -0.2) is 0 Å². The molecule has 0 saturated heterocycles. The van der Waals surface area contributed by atoms with Gasteiger partial charge in [-0.2, -0.15) is 0 Å². The Balaban J connectivity index is 2.46. The molecule has 0 unspecified atom stereocenters. The van der Waals surface area contributed by atoms with E-state index >= 15 is 0 Å². The Morgan fingerprint density at radius 1 is 1.14 bits per heavy atom. The predicted octanol–water partition coefficient (Wildman–Crippen LogP) is 3.82. The van der Waals surface area contributed by atoms with Crippen molar-refractivity contribution in [1.29, 1.82) is 0 Å². The molecule has 0 radical (unpaired) electrons. The minimum absolute atomic E-state index is 0.490. The molecule has 1 rings (SSSR count). The van der Waals surface area contributed by atoms with Crippen molar-refractivity contribution in [2.75, 3.05) is 0 Å². The van der Waals surface area contributed by atoms with Crippen molar-refractivity contribution in [2.45, 2.75) is 46.0 Å². The third-order valence-electron chi connectivity index (χ3n) is 2.62. The van der Waals surface area contributed by atoms with Gasteiger partial charge in [-0.1, -0.05) is 44.4 Å². The molecule has 0 fully saturated rings. The Bertz CT molecular complexity index is 279. The molecule has 1 aromatic carbocycles. The highest BCUT2D eigenvalue weighted by molar-refractivity contribution is 5.39. The van der Waals surface area contributed by atoms with E-state index in [0.717, 1.165) is 17.5 Å². The van der Waals surface area contributed by atoms with Crippen molar-refractivity contribution in [3.05, 3.63) is 29.3 Å². The maximum Gasteiger partial charge on any atom is 0.121 e. The SMILES string of the molecule is CCCCCCc1cccc(C)c1O. The average molecular weight is 192 g/mol. The molecule has 0 amide bonds. The molecular weight excluding hydrogens is 172 g/mol. The van der Waals surface area contributed by atoms with Crippen LogP contribution in [0.25, 0.3) is 0 Å². The average Bonchev–Trinajstić information content (AvgIpc) is 2.19. The molecule has 1 heteroatoms. The lowest BCUT2D eigenvalue weighted by atomic mass is 10.0. The summed E-state index contributed by atoms with van der Waals surface area (Å²) in [6.45, 7) is 4.16. The van der Waals surface area contributed by atoms with Crippen molar-refractivity contribution >= 4 is 0 Å². The summed E-state index contributed by atoms with van der Waals surface area (Å²) in [6.07, 6.45) is 6.02. The number of aromatic hydroxyl groups is 1. The molecule has 0 aliphatic heterocycles. The first-order valence-corrected chi connectivity index (χ1v) is 5.53. The van der Waals surface area contributed by atoms with Crippen LogP contribution < -0.4 is 0 Å². The highest BCUT2D eigenvalue weighted by Gasteiger charge is 2.02. The zero-order valence-electron chi connectivity index (χ0n) is 9.21. The third kappa shape index (κ3) is 3.06. The fourth-order valence-corrected chi connectivity index (χ4v) is 1.66. The first-order chi connectivity index (χ1) is 6.75. The van der Waals surface area contributed by atoms with Gasteiger partial charge in [0.05, 0.1) is 0 Å². The van der Waals surface area contributed by atoms with Crippen LogP contribution in [0.15, 0.2) is 18.2 Å². The van der Waals surface area contributed by atoms with Gasteiger partial charge in [0.1, 0.15) is 5.75 Å².